The van der Waals surface area contributed by atoms with Gasteiger partial charge in [0.15, 0.2) is 0 Å². The maximum atomic E-state index is 12.8. The maximum Gasteiger partial charge on any atom is 0.226 e. The van der Waals surface area contributed by atoms with Crippen LogP contribution in [-0.4, -0.2) is 95.5 Å². The number of amides is 1. The van der Waals surface area contributed by atoms with E-state index in [1.807, 2.05) is 36.4 Å². The first-order valence-electron chi connectivity index (χ1n) is 13.7. The Kier molecular flexibility index (Phi) is 8.60. The quantitative estimate of drug-likeness (QED) is 0.416. The number of pyridine rings is 3. The monoisotopic (exact) mass is 568 g/mol. The molecule has 2 fully saturated rings. The Balaban J connectivity index is 1.27. The summed E-state index contributed by atoms with van der Waals surface area (Å²) in [6, 6.07) is 11.3. The van der Waals surface area contributed by atoms with Crippen molar-refractivity contribution in [2.75, 3.05) is 43.4 Å². The highest BCUT2D eigenvalue weighted by Gasteiger charge is 2.29. The summed E-state index contributed by atoms with van der Waals surface area (Å²) >= 11 is 0. The second kappa shape index (κ2) is 12.1. The van der Waals surface area contributed by atoms with E-state index >= 15 is 0 Å². The van der Waals surface area contributed by atoms with Gasteiger partial charge < -0.3 is 20.1 Å². The van der Waals surface area contributed by atoms with Gasteiger partial charge in [-0.15, -0.1) is 0 Å². The van der Waals surface area contributed by atoms with Crippen LogP contribution in [0.4, 0.5) is 5.82 Å². The van der Waals surface area contributed by atoms with Gasteiger partial charge in [0.1, 0.15) is 5.82 Å². The summed E-state index contributed by atoms with van der Waals surface area (Å²) in [5, 5.41) is 12.9. The summed E-state index contributed by atoms with van der Waals surface area (Å²) in [6.07, 6.45) is 3.37. The van der Waals surface area contributed by atoms with Gasteiger partial charge in [0.25, 0.3) is 0 Å². The molecule has 214 valence electrons. The third-order valence-electron chi connectivity index (χ3n) is 7.20. The number of aliphatic hydroxyl groups excluding tert-OH is 1. The minimum absolute atomic E-state index is 0.0584. The van der Waals surface area contributed by atoms with Crippen LogP contribution in [0, 0.1) is 0 Å². The Morgan fingerprint density at radius 2 is 1.88 bits per heavy atom. The second-order valence-corrected chi connectivity index (χ2v) is 12.7. The zero-order valence-electron chi connectivity index (χ0n) is 22.9. The number of carbonyl (C=O) groups is 1. The molecule has 2 N–H and O–H groups in total. The van der Waals surface area contributed by atoms with Gasteiger partial charge in [-0.1, -0.05) is 6.07 Å². The lowest BCUT2D eigenvalue weighted by Gasteiger charge is -2.36. The number of hydrogen-bond donors (Lipinski definition) is 2. The topological polar surface area (TPSA) is 138 Å². The molecule has 40 heavy (non-hydrogen) atoms. The molecular formula is C28H36N6O5S. The summed E-state index contributed by atoms with van der Waals surface area (Å²) in [6.45, 7) is 5.87. The van der Waals surface area contributed by atoms with Crippen molar-refractivity contribution in [1.82, 2.24) is 24.6 Å². The van der Waals surface area contributed by atoms with Gasteiger partial charge in [-0.3, -0.25) is 9.78 Å². The number of nitrogens with zero attached hydrogens (tertiary/aromatic N) is 5. The highest BCUT2D eigenvalue weighted by Crippen LogP contribution is 2.24. The van der Waals surface area contributed by atoms with E-state index in [0.717, 1.165) is 41.2 Å². The van der Waals surface area contributed by atoms with E-state index in [1.54, 1.807) is 6.20 Å². The molecule has 0 saturated carbocycles. The molecule has 0 radical (unpaired) electrons. The van der Waals surface area contributed by atoms with E-state index in [4.69, 9.17) is 19.8 Å². The molecule has 0 spiro atoms. The minimum atomic E-state index is -3.53. The number of rotatable bonds is 8. The van der Waals surface area contributed by atoms with Crippen molar-refractivity contribution in [3.63, 3.8) is 0 Å². The van der Waals surface area contributed by atoms with Gasteiger partial charge in [0.05, 0.1) is 53.6 Å². The van der Waals surface area contributed by atoms with Gasteiger partial charge >= 0.3 is 0 Å². The Morgan fingerprint density at radius 3 is 2.65 bits per heavy atom. The van der Waals surface area contributed by atoms with Crippen molar-refractivity contribution in [2.24, 2.45) is 0 Å². The predicted molar refractivity (Wildman–Crippen MR) is 152 cm³/mol. The molecule has 2 aliphatic rings. The highest BCUT2D eigenvalue weighted by atomic mass is 32.2. The third kappa shape index (κ3) is 6.74. The molecule has 11 nitrogen and oxygen atoms in total. The number of hydrogen-bond acceptors (Lipinski definition) is 9. The molecule has 12 heteroatoms. The summed E-state index contributed by atoms with van der Waals surface area (Å²) in [5.41, 5.74) is 2.79. The lowest BCUT2D eigenvalue weighted by atomic mass is 10.1. The van der Waals surface area contributed by atoms with Crippen LogP contribution < -0.4 is 10.2 Å². The molecule has 3 aromatic rings. The molecule has 0 unspecified atom stereocenters. The van der Waals surface area contributed by atoms with Crippen molar-refractivity contribution < 1.29 is 23.1 Å². The molecule has 2 aliphatic heterocycles. The molecular weight excluding hydrogens is 532 g/mol. The fourth-order valence-corrected chi connectivity index (χ4v) is 6.71. The van der Waals surface area contributed by atoms with Crippen LogP contribution in [0.1, 0.15) is 32.4 Å². The van der Waals surface area contributed by atoms with Crippen LogP contribution in [0.3, 0.4) is 0 Å². The molecule has 3 atom stereocenters. The molecule has 5 rings (SSSR count). The average molecular weight is 569 g/mol. The zero-order chi connectivity index (χ0) is 28.3. The fourth-order valence-electron chi connectivity index (χ4n) is 5.40. The normalized spacial score (nSPS) is 22.4. The van der Waals surface area contributed by atoms with Crippen molar-refractivity contribution in [3.05, 3.63) is 48.3 Å². The predicted octanol–water partition coefficient (Wildman–Crippen LogP) is 1.75. The first-order valence-corrected chi connectivity index (χ1v) is 15.3. The molecule has 0 bridgehead atoms. The lowest BCUT2D eigenvalue weighted by Crippen LogP contribution is -2.50. The minimum Gasteiger partial charge on any atom is -0.395 e. The standard InChI is InChI=1S/C28H36N6O5S/c1-19-16-33(17-20(2)39-19)27-7-3-6-24(32-27)25-9-8-21-15-29-23(13-26(21)31-25)14-28(36)30-22-5-4-10-34(18-22)40(37,38)12-11-35/h3,6-9,13,15,19-20,22,35H,4-5,10-12,14,16-18H2,1-2H3,(H,30,36)/t19-,20+,22-/m0/s1. The van der Waals surface area contributed by atoms with E-state index in [0.29, 0.717) is 25.1 Å². The van der Waals surface area contributed by atoms with E-state index in [9.17, 15) is 13.2 Å². The van der Waals surface area contributed by atoms with Gasteiger partial charge in [-0.25, -0.2) is 18.4 Å². The van der Waals surface area contributed by atoms with Gasteiger partial charge in [-0.2, -0.15) is 4.31 Å². The number of ether oxygens (including phenoxy) is 1. The van der Waals surface area contributed by atoms with E-state index in [2.05, 4.69) is 29.0 Å². The van der Waals surface area contributed by atoms with Gasteiger partial charge in [0, 0.05) is 43.8 Å². The smallest absolute Gasteiger partial charge is 0.226 e. The number of fused-ring (bicyclic) bond motifs is 1. The first kappa shape index (κ1) is 28.3. The number of carbonyl (C=O) groups excluding carboxylic acids is 1. The summed E-state index contributed by atoms with van der Waals surface area (Å²) in [5.74, 6) is 0.353. The molecule has 0 aliphatic carbocycles. The zero-order valence-corrected chi connectivity index (χ0v) is 23.7. The fraction of sp³-hybridized carbons (Fsp3) is 0.500. The second-order valence-electron chi connectivity index (χ2n) is 10.6. The number of aliphatic hydroxyl groups is 1. The number of morpholine rings is 1. The van der Waals surface area contributed by atoms with E-state index in [1.165, 1.54) is 4.31 Å². The van der Waals surface area contributed by atoms with Gasteiger partial charge in [-0.05, 0) is 57.0 Å². The maximum absolute atomic E-state index is 12.8. The Bertz CT molecular complexity index is 1460. The summed E-state index contributed by atoms with van der Waals surface area (Å²) in [4.78, 5) is 29.2. The molecule has 5 heterocycles. The van der Waals surface area contributed by atoms with Crippen LogP contribution in [0.15, 0.2) is 42.6 Å². The number of nitrogens with one attached hydrogen (secondary N) is 1. The van der Waals surface area contributed by atoms with Crippen LogP contribution in [0.2, 0.25) is 0 Å². The van der Waals surface area contributed by atoms with Crippen LogP contribution in [0.5, 0.6) is 0 Å². The number of sulfonamides is 1. The lowest BCUT2D eigenvalue weighted by molar-refractivity contribution is -0.121. The number of aromatic nitrogens is 3. The summed E-state index contributed by atoms with van der Waals surface area (Å²) < 4.78 is 31.8. The Hall–Kier alpha value is -3.19. The van der Waals surface area contributed by atoms with Crippen LogP contribution in [0.25, 0.3) is 22.3 Å². The van der Waals surface area contributed by atoms with Crippen molar-refractivity contribution >= 4 is 32.7 Å². The average Bonchev–Trinajstić information content (AvgIpc) is 2.92. The van der Waals surface area contributed by atoms with Crippen molar-refractivity contribution in [3.8, 4) is 11.4 Å². The van der Waals surface area contributed by atoms with Gasteiger partial charge in [0.2, 0.25) is 15.9 Å². The highest BCUT2D eigenvalue weighted by molar-refractivity contribution is 7.89. The first-order chi connectivity index (χ1) is 19.2. The van der Waals surface area contributed by atoms with E-state index < -0.39 is 16.6 Å². The van der Waals surface area contributed by atoms with Crippen LogP contribution in [-0.2, 0) is 26.0 Å². The SMILES string of the molecule is C[C@@H]1CN(c2cccc(-c3ccc4cnc(CC(=O)N[C@H]5CCCN(S(=O)(=O)CCO)C5)cc4n3)n2)C[C@H](C)O1. The largest absolute Gasteiger partial charge is 0.395 e. The Morgan fingerprint density at radius 1 is 1.10 bits per heavy atom. The number of anilines is 1. The molecule has 3 aromatic heterocycles. The summed E-state index contributed by atoms with van der Waals surface area (Å²) in [7, 11) is -3.53. The molecule has 2 saturated heterocycles. The van der Waals surface area contributed by atoms with Crippen LogP contribution >= 0.6 is 0 Å². The van der Waals surface area contributed by atoms with Crippen molar-refractivity contribution in [2.45, 2.75) is 51.4 Å². The Labute approximate surface area is 234 Å². The molecule has 0 aromatic carbocycles. The molecule has 1 amide bonds. The van der Waals surface area contributed by atoms with E-state index in [-0.39, 0.29) is 42.9 Å². The third-order valence-corrected chi connectivity index (χ3v) is 9.02. The van der Waals surface area contributed by atoms with Crippen molar-refractivity contribution in [1.29, 1.82) is 0 Å². The number of piperidine rings is 1.